The molecule has 0 radical (unpaired) electrons. The second kappa shape index (κ2) is 9.27. The van der Waals surface area contributed by atoms with E-state index in [1.807, 2.05) is 54.6 Å². The first kappa shape index (κ1) is 22.7. The molecule has 0 saturated carbocycles. The lowest BCUT2D eigenvalue weighted by Gasteiger charge is -2.37. The number of benzene rings is 3. The van der Waals surface area contributed by atoms with Crippen molar-refractivity contribution < 1.29 is 23.9 Å². The standard InChI is InChI=1S/C26H21N3O5S/c1-34-19-13-11-18(12-14-19)28-25(32)24(31)27(26(28)33)15-23(30)29-20-9-5-6-10-22(20)35-16-21(29)17-7-3-2-4-8-17/h2-14,21H,15-16H2,1H3/t21-/m1/s1. The molecule has 1 atom stereocenters. The van der Waals surface area contributed by atoms with E-state index in [0.29, 0.717) is 22.1 Å². The summed E-state index contributed by atoms with van der Waals surface area (Å²) in [6.07, 6.45) is 0. The maximum atomic E-state index is 13.6. The van der Waals surface area contributed by atoms with E-state index in [9.17, 15) is 19.2 Å². The molecular formula is C26H21N3O5S. The van der Waals surface area contributed by atoms with Gasteiger partial charge in [0.1, 0.15) is 12.3 Å². The maximum absolute atomic E-state index is 13.6. The van der Waals surface area contributed by atoms with Gasteiger partial charge >= 0.3 is 17.8 Å². The zero-order valence-corrected chi connectivity index (χ0v) is 19.6. The van der Waals surface area contributed by atoms with Crippen LogP contribution in [-0.2, 0) is 14.4 Å². The first-order valence-corrected chi connectivity index (χ1v) is 11.9. The SMILES string of the molecule is COc1ccc(N2C(=O)C(=O)N(CC(=O)N3c4ccccc4SC[C@@H]3c3ccccc3)C2=O)cc1. The minimum Gasteiger partial charge on any atom is -0.497 e. The predicted molar refractivity (Wildman–Crippen MR) is 131 cm³/mol. The van der Waals surface area contributed by atoms with E-state index < -0.39 is 30.3 Å². The van der Waals surface area contributed by atoms with Crippen molar-refractivity contribution in [1.29, 1.82) is 0 Å². The fourth-order valence-corrected chi connectivity index (χ4v) is 5.40. The van der Waals surface area contributed by atoms with Crippen LogP contribution in [0, 0.1) is 0 Å². The van der Waals surface area contributed by atoms with Gasteiger partial charge in [-0.2, -0.15) is 0 Å². The second-order valence-corrected chi connectivity index (χ2v) is 9.04. The number of hydrogen-bond acceptors (Lipinski definition) is 6. The van der Waals surface area contributed by atoms with Crippen molar-refractivity contribution in [3.05, 3.63) is 84.4 Å². The van der Waals surface area contributed by atoms with Crippen LogP contribution in [0.5, 0.6) is 5.75 Å². The van der Waals surface area contributed by atoms with E-state index in [-0.39, 0.29) is 11.7 Å². The van der Waals surface area contributed by atoms with Crippen LogP contribution >= 0.6 is 11.8 Å². The fraction of sp³-hybridized carbons (Fsp3) is 0.154. The molecule has 176 valence electrons. The topological polar surface area (TPSA) is 87.2 Å². The van der Waals surface area contributed by atoms with Crippen LogP contribution in [0.1, 0.15) is 11.6 Å². The molecule has 2 aliphatic heterocycles. The first-order chi connectivity index (χ1) is 17.0. The summed E-state index contributed by atoms with van der Waals surface area (Å²) in [6.45, 7) is -0.543. The predicted octanol–water partition coefficient (Wildman–Crippen LogP) is 3.87. The molecule has 3 aromatic rings. The van der Waals surface area contributed by atoms with Crippen LogP contribution in [0.3, 0.4) is 0 Å². The summed E-state index contributed by atoms with van der Waals surface area (Å²) in [5.41, 5.74) is 1.88. The summed E-state index contributed by atoms with van der Waals surface area (Å²) < 4.78 is 5.11. The minimum atomic E-state index is -1.03. The number of urea groups is 1. The largest absolute Gasteiger partial charge is 0.497 e. The Morgan fingerprint density at radius 2 is 1.60 bits per heavy atom. The van der Waals surface area contributed by atoms with Crippen LogP contribution in [0.2, 0.25) is 0 Å². The van der Waals surface area contributed by atoms with Crippen molar-refractivity contribution in [3.63, 3.8) is 0 Å². The summed E-state index contributed by atoms with van der Waals surface area (Å²) in [6, 6.07) is 22.2. The van der Waals surface area contributed by atoms with Gasteiger partial charge in [-0.05, 0) is 42.0 Å². The molecule has 35 heavy (non-hydrogen) atoms. The third-order valence-electron chi connectivity index (χ3n) is 5.96. The number of carbonyl (C=O) groups is 4. The van der Waals surface area contributed by atoms with Gasteiger partial charge in [-0.1, -0.05) is 42.5 Å². The normalized spacial score (nSPS) is 17.6. The average molecular weight is 488 g/mol. The van der Waals surface area contributed by atoms with Crippen molar-refractivity contribution in [2.75, 3.05) is 29.2 Å². The highest BCUT2D eigenvalue weighted by atomic mass is 32.2. The Morgan fingerprint density at radius 3 is 2.31 bits per heavy atom. The number of para-hydroxylation sites is 1. The van der Waals surface area contributed by atoms with Gasteiger partial charge in [-0.3, -0.25) is 14.4 Å². The third-order valence-corrected chi connectivity index (χ3v) is 7.10. The molecule has 0 unspecified atom stereocenters. The highest BCUT2D eigenvalue weighted by molar-refractivity contribution is 7.99. The molecule has 1 fully saturated rings. The lowest BCUT2D eigenvalue weighted by Crippen LogP contribution is -2.46. The smallest absolute Gasteiger partial charge is 0.339 e. The number of thioether (sulfide) groups is 1. The number of nitrogens with zero attached hydrogens (tertiary/aromatic N) is 3. The summed E-state index contributed by atoms with van der Waals surface area (Å²) >= 11 is 1.64. The summed E-state index contributed by atoms with van der Waals surface area (Å²) in [4.78, 5) is 56.2. The Morgan fingerprint density at radius 1 is 0.914 bits per heavy atom. The molecule has 9 heteroatoms. The number of amides is 5. The van der Waals surface area contributed by atoms with E-state index in [1.165, 1.54) is 19.2 Å². The molecule has 8 nitrogen and oxygen atoms in total. The molecule has 3 aromatic carbocycles. The number of hydrogen-bond donors (Lipinski definition) is 0. The highest BCUT2D eigenvalue weighted by Crippen LogP contribution is 2.43. The molecule has 0 bridgehead atoms. The number of carbonyl (C=O) groups excluding carboxylic acids is 4. The van der Waals surface area contributed by atoms with Gasteiger partial charge < -0.3 is 9.64 Å². The van der Waals surface area contributed by atoms with Crippen molar-refractivity contribution in [3.8, 4) is 5.75 Å². The lowest BCUT2D eigenvalue weighted by atomic mass is 10.1. The van der Waals surface area contributed by atoms with E-state index in [1.54, 1.807) is 28.8 Å². The molecule has 0 N–H and O–H groups in total. The van der Waals surface area contributed by atoms with E-state index in [0.717, 1.165) is 15.4 Å². The zero-order chi connectivity index (χ0) is 24.5. The Labute approximate surface area is 206 Å². The van der Waals surface area contributed by atoms with Gasteiger partial charge in [0.25, 0.3) is 0 Å². The van der Waals surface area contributed by atoms with Crippen LogP contribution in [0.15, 0.2) is 83.8 Å². The van der Waals surface area contributed by atoms with Gasteiger partial charge in [0, 0.05) is 10.6 Å². The average Bonchev–Trinajstić information content (AvgIpc) is 3.11. The zero-order valence-electron chi connectivity index (χ0n) is 18.8. The number of fused-ring (bicyclic) bond motifs is 1. The quantitative estimate of drug-likeness (QED) is 0.401. The Kier molecular flexibility index (Phi) is 6.00. The monoisotopic (exact) mass is 487 g/mol. The summed E-state index contributed by atoms with van der Waals surface area (Å²) in [5.74, 6) is -1.32. The van der Waals surface area contributed by atoms with E-state index >= 15 is 0 Å². The first-order valence-electron chi connectivity index (χ1n) is 10.9. The molecule has 0 aromatic heterocycles. The third kappa shape index (κ3) is 4.04. The van der Waals surface area contributed by atoms with Crippen LogP contribution < -0.4 is 14.5 Å². The van der Waals surface area contributed by atoms with Gasteiger partial charge in [-0.15, -0.1) is 11.8 Å². The van der Waals surface area contributed by atoms with Crippen LogP contribution in [0.25, 0.3) is 0 Å². The molecule has 2 heterocycles. The number of anilines is 2. The molecule has 0 aliphatic carbocycles. The number of methoxy groups -OCH3 is 1. The van der Waals surface area contributed by atoms with Crippen molar-refractivity contribution in [2.45, 2.75) is 10.9 Å². The molecular weight excluding hydrogens is 466 g/mol. The van der Waals surface area contributed by atoms with Gasteiger partial charge in [-0.25, -0.2) is 14.6 Å². The van der Waals surface area contributed by atoms with Crippen molar-refractivity contribution >= 4 is 46.9 Å². The minimum absolute atomic E-state index is 0.228. The lowest BCUT2D eigenvalue weighted by molar-refractivity contribution is -0.140. The van der Waals surface area contributed by atoms with Crippen LogP contribution in [-0.4, -0.2) is 48.1 Å². The number of imide groups is 2. The summed E-state index contributed by atoms with van der Waals surface area (Å²) in [5, 5.41) is 0. The van der Waals surface area contributed by atoms with Gasteiger partial charge in [0.15, 0.2) is 0 Å². The number of rotatable bonds is 5. The fourth-order valence-electron chi connectivity index (χ4n) is 4.23. The maximum Gasteiger partial charge on any atom is 0.339 e. The molecule has 5 rings (SSSR count). The molecule has 2 aliphatic rings. The van der Waals surface area contributed by atoms with Crippen LogP contribution in [0.4, 0.5) is 16.2 Å². The van der Waals surface area contributed by atoms with Crippen molar-refractivity contribution in [1.82, 2.24) is 4.90 Å². The highest BCUT2D eigenvalue weighted by Gasteiger charge is 2.47. The number of ether oxygens (including phenoxy) is 1. The van der Waals surface area contributed by atoms with Crippen molar-refractivity contribution in [2.24, 2.45) is 0 Å². The van der Waals surface area contributed by atoms with Gasteiger partial charge in [0.2, 0.25) is 5.91 Å². The molecule has 5 amide bonds. The molecule has 0 spiro atoms. The van der Waals surface area contributed by atoms with E-state index in [4.69, 9.17) is 4.74 Å². The Balaban J connectivity index is 1.44. The molecule has 1 saturated heterocycles. The van der Waals surface area contributed by atoms with E-state index in [2.05, 4.69) is 0 Å². The van der Waals surface area contributed by atoms with Gasteiger partial charge in [0.05, 0.1) is 24.5 Å². The Bertz CT molecular complexity index is 1310. The Hall–Kier alpha value is -4.11. The summed E-state index contributed by atoms with van der Waals surface area (Å²) in [7, 11) is 1.50. The second-order valence-electron chi connectivity index (χ2n) is 7.98.